The highest BCUT2D eigenvalue weighted by Crippen LogP contribution is 2.17. The number of likely N-dealkylation sites (N-methyl/N-ethyl adjacent to an activating group) is 1. The first kappa shape index (κ1) is 8.90. The summed E-state index contributed by atoms with van der Waals surface area (Å²) >= 11 is 1.42. The van der Waals surface area contributed by atoms with E-state index in [1.54, 1.807) is 6.33 Å². The monoisotopic (exact) mass is 199 g/mol. The Balaban J connectivity index is 1.87. The Kier molecular flexibility index (Phi) is 2.75. The molecule has 0 aliphatic carbocycles. The number of aromatic nitrogens is 2. The first-order chi connectivity index (χ1) is 6.36. The molecule has 72 valence electrons. The van der Waals surface area contributed by atoms with Crippen LogP contribution in [0.4, 0.5) is 5.13 Å². The second-order valence-corrected chi connectivity index (χ2v) is 4.00. The third-order valence-corrected chi connectivity index (χ3v) is 2.96. The highest BCUT2D eigenvalue weighted by atomic mass is 32.1. The molecule has 13 heavy (non-hydrogen) atoms. The van der Waals surface area contributed by atoms with Crippen LogP contribution in [0, 0.1) is 0 Å². The molecular formula is C8H13N3OS. The average Bonchev–Trinajstić information content (AvgIpc) is 2.74. The van der Waals surface area contributed by atoms with Crippen LogP contribution in [0.5, 0.6) is 0 Å². The first-order valence-electron chi connectivity index (χ1n) is 4.45. The van der Waals surface area contributed by atoms with Gasteiger partial charge in [-0.25, -0.2) is 4.98 Å². The van der Waals surface area contributed by atoms with Crippen LogP contribution in [0.3, 0.4) is 0 Å². The number of ether oxygens (including phenoxy) is 1. The van der Waals surface area contributed by atoms with Crippen molar-refractivity contribution in [3.63, 3.8) is 0 Å². The summed E-state index contributed by atoms with van der Waals surface area (Å²) in [4.78, 5) is 6.24. The molecule has 1 atom stereocenters. The zero-order valence-corrected chi connectivity index (χ0v) is 8.46. The normalized spacial score (nSPS) is 22.1. The van der Waals surface area contributed by atoms with Crippen molar-refractivity contribution in [2.75, 3.05) is 25.1 Å². The van der Waals surface area contributed by atoms with Crippen molar-refractivity contribution < 1.29 is 4.74 Å². The minimum absolute atomic E-state index is 0.383. The van der Waals surface area contributed by atoms with Crippen LogP contribution in [-0.4, -0.2) is 35.7 Å². The Labute approximate surface area is 81.7 Å². The zero-order chi connectivity index (χ0) is 9.10. The van der Waals surface area contributed by atoms with E-state index in [2.05, 4.69) is 14.3 Å². The van der Waals surface area contributed by atoms with Crippen LogP contribution in [0.2, 0.25) is 0 Å². The largest absolute Gasteiger partial charge is 0.376 e. The summed E-state index contributed by atoms with van der Waals surface area (Å²) in [5, 5.41) is 0.968. The van der Waals surface area contributed by atoms with Crippen LogP contribution in [0.1, 0.15) is 12.8 Å². The second kappa shape index (κ2) is 4.02. The molecule has 2 rings (SSSR count). The van der Waals surface area contributed by atoms with Gasteiger partial charge in [-0.1, -0.05) is 0 Å². The van der Waals surface area contributed by atoms with E-state index in [1.165, 1.54) is 24.4 Å². The lowest BCUT2D eigenvalue weighted by Gasteiger charge is -2.18. The number of nitrogens with zero attached hydrogens (tertiary/aromatic N) is 3. The Hall–Kier alpha value is -0.680. The second-order valence-electron chi connectivity index (χ2n) is 3.24. The third-order valence-electron chi connectivity index (χ3n) is 2.18. The third kappa shape index (κ3) is 2.16. The van der Waals surface area contributed by atoms with Crippen molar-refractivity contribution >= 4 is 16.7 Å². The molecule has 1 unspecified atom stereocenters. The van der Waals surface area contributed by atoms with Gasteiger partial charge in [0.2, 0.25) is 5.13 Å². The summed E-state index contributed by atoms with van der Waals surface area (Å²) < 4.78 is 9.50. The Morgan fingerprint density at radius 3 is 3.31 bits per heavy atom. The molecule has 1 aromatic rings. The SMILES string of the molecule is CN(CC1CCCO1)c1ncns1. The van der Waals surface area contributed by atoms with Crippen molar-refractivity contribution in [1.29, 1.82) is 0 Å². The molecule has 5 heteroatoms. The quantitative estimate of drug-likeness (QED) is 0.732. The Bertz CT molecular complexity index is 246. The predicted octanol–water partition coefficient (Wildman–Crippen LogP) is 1.15. The minimum atomic E-state index is 0.383. The van der Waals surface area contributed by atoms with Gasteiger partial charge in [0.15, 0.2) is 0 Å². The van der Waals surface area contributed by atoms with Crippen molar-refractivity contribution in [1.82, 2.24) is 9.36 Å². The molecule has 0 aromatic carbocycles. The molecule has 2 heterocycles. The maximum Gasteiger partial charge on any atom is 0.204 e. The molecule has 1 aliphatic heterocycles. The number of rotatable bonds is 3. The molecule has 0 amide bonds. The number of anilines is 1. The van der Waals surface area contributed by atoms with Gasteiger partial charge in [0, 0.05) is 31.7 Å². The molecule has 0 spiro atoms. The molecule has 0 bridgehead atoms. The van der Waals surface area contributed by atoms with E-state index in [0.717, 1.165) is 18.3 Å². The van der Waals surface area contributed by atoms with Crippen molar-refractivity contribution in [3.8, 4) is 0 Å². The smallest absolute Gasteiger partial charge is 0.204 e. The van der Waals surface area contributed by atoms with Crippen molar-refractivity contribution in [3.05, 3.63) is 6.33 Å². The number of hydrogen-bond donors (Lipinski definition) is 0. The minimum Gasteiger partial charge on any atom is -0.376 e. The average molecular weight is 199 g/mol. The molecule has 1 fully saturated rings. The van der Waals surface area contributed by atoms with Crippen molar-refractivity contribution in [2.45, 2.75) is 18.9 Å². The van der Waals surface area contributed by atoms with E-state index in [1.807, 2.05) is 7.05 Å². The topological polar surface area (TPSA) is 38.2 Å². The summed E-state index contributed by atoms with van der Waals surface area (Å²) in [5.41, 5.74) is 0. The molecule has 0 N–H and O–H groups in total. The summed E-state index contributed by atoms with van der Waals surface area (Å²) in [5.74, 6) is 0. The van der Waals surface area contributed by atoms with Gasteiger partial charge in [-0.3, -0.25) is 0 Å². The highest BCUT2D eigenvalue weighted by molar-refractivity contribution is 7.09. The predicted molar refractivity (Wildman–Crippen MR) is 52.2 cm³/mol. The van der Waals surface area contributed by atoms with E-state index in [9.17, 15) is 0 Å². The van der Waals surface area contributed by atoms with Crippen molar-refractivity contribution in [2.24, 2.45) is 0 Å². The van der Waals surface area contributed by atoms with Gasteiger partial charge in [0.1, 0.15) is 6.33 Å². The van der Waals surface area contributed by atoms with E-state index >= 15 is 0 Å². The fourth-order valence-corrected chi connectivity index (χ4v) is 2.00. The van der Waals surface area contributed by atoms with Crippen LogP contribution < -0.4 is 4.90 Å². The van der Waals surface area contributed by atoms with Gasteiger partial charge in [-0.05, 0) is 12.8 Å². The van der Waals surface area contributed by atoms with E-state index in [0.29, 0.717) is 6.10 Å². The fourth-order valence-electron chi connectivity index (χ4n) is 1.51. The van der Waals surface area contributed by atoms with Crippen LogP contribution in [0.25, 0.3) is 0 Å². The molecule has 0 radical (unpaired) electrons. The van der Waals surface area contributed by atoms with Gasteiger partial charge in [0.25, 0.3) is 0 Å². The maximum atomic E-state index is 5.54. The standard InChI is InChI=1S/C8H13N3OS/c1-11(8-9-6-10-13-8)5-7-3-2-4-12-7/h6-7H,2-5H2,1H3. The lowest BCUT2D eigenvalue weighted by molar-refractivity contribution is 0.116. The molecule has 0 saturated carbocycles. The van der Waals surface area contributed by atoms with Crippen LogP contribution in [0.15, 0.2) is 6.33 Å². The summed E-state index contributed by atoms with van der Waals surface area (Å²) in [6.45, 7) is 1.84. The summed E-state index contributed by atoms with van der Waals surface area (Å²) in [7, 11) is 2.03. The maximum absolute atomic E-state index is 5.54. The molecule has 4 nitrogen and oxygen atoms in total. The van der Waals surface area contributed by atoms with Gasteiger partial charge < -0.3 is 9.64 Å². The molecule has 1 aliphatic rings. The van der Waals surface area contributed by atoms with Gasteiger partial charge in [-0.2, -0.15) is 4.37 Å². The van der Waals surface area contributed by atoms with Gasteiger partial charge >= 0.3 is 0 Å². The van der Waals surface area contributed by atoms with E-state index in [4.69, 9.17) is 4.74 Å². The highest BCUT2D eigenvalue weighted by Gasteiger charge is 2.18. The van der Waals surface area contributed by atoms with Crippen LogP contribution in [-0.2, 0) is 4.74 Å². The summed E-state index contributed by atoms with van der Waals surface area (Å²) in [6.07, 6.45) is 4.33. The van der Waals surface area contributed by atoms with E-state index < -0.39 is 0 Å². The lowest BCUT2D eigenvalue weighted by Crippen LogP contribution is -2.28. The first-order valence-corrected chi connectivity index (χ1v) is 5.23. The Morgan fingerprint density at radius 2 is 2.69 bits per heavy atom. The molecule has 1 saturated heterocycles. The van der Waals surface area contributed by atoms with Crippen LogP contribution >= 0.6 is 11.5 Å². The number of hydrogen-bond acceptors (Lipinski definition) is 5. The lowest BCUT2D eigenvalue weighted by atomic mass is 10.2. The summed E-state index contributed by atoms with van der Waals surface area (Å²) in [6, 6.07) is 0. The molecule has 1 aromatic heterocycles. The fraction of sp³-hybridized carbons (Fsp3) is 0.750. The van der Waals surface area contributed by atoms with E-state index in [-0.39, 0.29) is 0 Å². The Morgan fingerprint density at radius 1 is 1.77 bits per heavy atom. The zero-order valence-electron chi connectivity index (χ0n) is 7.64. The van der Waals surface area contributed by atoms with Gasteiger partial charge in [0.05, 0.1) is 6.10 Å². The van der Waals surface area contributed by atoms with Gasteiger partial charge in [-0.15, -0.1) is 0 Å². The molecular weight excluding hydrogens is 186 g/mol.